The summed E-state index contributed by atoms with van der Waals surface area (Å²) in [6.07, 6.45) is -2.80. The van der Waals surface area contributed by atoms with E-state index in [4.69, 9.17) is 4.74 Å². The monoisotopic (exact) mass is 395 g/mol. The molecule has 0 aromatic heterocycles. The van der Waals surface area contributed by atoms with E-state index in [1.165, 1.54) is 18.4 Å². The number of benzene rings is 1. The molecule has 0 saturated heterocycles. The van der Waals surface area contributed by atoms with E-state index < -0.39 is 21.6 Å². The molecule has 0 bridgehead atoms. The van der Waals surface area contributed by atoms with E-state index in [-0.39, 0.29) is 24.2 Å². The van der Waals surface area contributed by atoms with Gasteiger partial charge >= 0.3 is 6.18 Å². The summed E-state index contributed by atoms with van der Waals surface area (Å²) < 4.78 is 65.5. The smallest absolute Gasteiger partial charge is 0.416 e. The first-order chi connectivity index (χ1) is 12.0. The number of hydrogen-bond donors (Lipinski definition) is 2. The van der Waals surface area contributed by atoms with Crippen LogP contribution in [0.25, 0.3) is 0 Å². The van der Waals surface area contributed by atoms with Crippen LogP contribution in [0.5, 0.6) is 5.75 Å². The molecule has 1 unspecified atom stereocenters. The van der Waals surface area contributed by atoms with Crippen molar-refractivity contribution >= 4 is 15.8 Å². The van der Waals surface area contributed by atoms with Gasteiger partial charge in [-0.1, -0.05) is 6.07 Å². The predicted octanol–water partition coefficient (Wildman–Crippen LogP) is 2.07. The van der Waals surface area contributed by atoms with Crippen molar-refractivity contribution in [3.8, 4) is 5.75 Å². The highest BCUT2D eigenvalue weighted by atomic mass is 32.2. The molecule has 0 aliphatic rings. The molecule has 10 heteroatoms. The SMILES string of the molecule is CN=C(NCCOc1cccc(C(F)(F)F)c1)NC(C)CCS(C)(=O)=O. The van der Waals surface area contributed by atoms with E-state index in [1.54, 1.807) is 7.05 Å². The zero-order valence-corrected chi connectivity index (χ0v) is 15.7. The van der Waals surface area contributed by atoms with E-state index in [2.05, 4.69) is 15.6 Å². The molecule has 1 rings (SSSR count). The van der Waals surface area contributed by atoms with Crippen molar-refractivity contribution in [2.24, 2.45) is 4.99 Å². The standard InChI is InChI=1S/C16H24F3N3O3S/c1-12(7-10-26(3,23)24)22-15(20-2)21-8-9-25-14-6-4-5-13(11-14)16(17,18)19/h4-6,11-12H,7-10H2,1-3H3,(H2,20,21,22). The zero-order chi connectivity index (χ0) is 19.8. The Morgan fingerprint density at radius 2 is 2.04 bits per heavy atom. The summed E-state index contributed by atoms with van der Waals surface area (Å²) in [4.78, 5) is 4.00. The van der Waals surface area contributed by atoms with E-state index >= 15 is 0 Å². The molecule has 0 aliphatic heterocycles. The van der Waals surface area contributed by atoms with Gasteiger partial charge in [0, 0.05) is 19.3 Å². The lowest BCUT2D eigenvalue weighted by Gasteiger charge is -2.18. The van der Waals surface area contributed by atoms with Crippen LogP contribution in [-0.2, 0) is 16.0 Å². The summed E-state index contributed by atoms with van der Waals surface area (Å²) in [7, 11) is -1.47. The highest BCUT2D eigenvalue weighted by Crippen LogP contribution is 2.31. The highest BCUT2D eigenvalue weighted by Gasteiger charge is 2.30. The van der Waals surface area contributed by atoms with Gasteiger partial charge in [0.25, 0.3) is 0 Å². The van der Waals surface area contributed by atoms with Gasteiger partial charge in [-0.05, 0) is 31.5 Å². The molecule has 0 fully saturated rings. The number of sulfone groups is 1. The molecule has 0 amide bonds. The molecule has 0 radical (unpaired) electrons. The molecule has 0 saturated carbocycles. The third-order valence-electron chi connectivity index (χ3n) is 3.35. The van der Waals surface area contributed by atoms with Crippen molar-refractivity contribution in [3.05, 3.63) is 29.8 Å². The van der Waals surface area contributed by atoms with Crippen LogP contribution in [0.4, 0.5) is 13.2 Å². The summed E-state index contributed by atoms with van der Waals surface area (Å²) in [5, 5.41) is 5.99. The van der Waals surface area contributed by atoms with Crippen molar-refractivity contribution in [2.45, 2.75) is 25.6 Å². The third kappa shape index (κ3) is 8.93. The number of hydrogen-bond acceptors (Lipinski definition) is 4. The molecule has 2 N–H and O–H groups in total. The summed E-state index contributed by atoms with van der Waals surface area (Å²) in [6, 6.07) is 4.56. The third-order valence-corrected chi connectivity index (χ3v) is 4.33. The molecule has 0 heterocycles. The van der Waals surface area contributed by atoms with Crippen LogP contribution in [0.3, 0.4) is 0 Å². The summed E-state index contributed by atoms with van der Waals surface area (Å²) in [5.41, 5.74) is -0.764. The minimum atomic E-state index is -4.41. The first kappa shape index (κ1) is 22.1. The first-order valence-corrected chi connectivity index (χ1v) is 10.0. The summed E-state index contributed by atoms with van der Waals surface area (Å²) in [6.45, 7) is 2.28. The average molecular weight is 395 g/mol. The maximum atomic E-state index is 12.6. The van der Waals surface area contributed by atoms with Crippen LogP contribution in [0, 0.1) is 0 Å². The van der Waals surface area contributed by atoms with Crippen LogP contribution >= 0.6 is 0 Å². The minimum Gasteiger partial charge on any atom is -0.492 e. The normalized spacial score (nSPS) is 14.0. The van der Waals surface area contributed by atoms with E-state index in [1.807, 2.05) is 6.92 Å². The Morgan fingerprint density at radius 3 is 2.62 bits per heavy atom. The maximum absolute atomic E-state index is 12.6. The van der Waals surface area contributed by atoms with E-state index in [9.17, 15) is 21.6 Å². The number of ether oxygens (including phenoxy) is 1. The van der Waals surface area contributed by atoms with Crippen LogP contribution in [0.1, 0.15) is 18.9 Å². The number of nitrogens with zero attached hydrogens (tertiary/aromatic N) is 1. The highest BCUT2D eigenvalue weighted by molar-refractivity contribution is 7.90. The van der Waals surface area contributed by atoms with Gasteiger partial charge in [-0.2, -0.15) is 13.2 Å². The lowest BCUT2D eigenvalue weighted by Crippen LogP contribution is -2.44. The Hall–Kier alpha value is -1.97. The van der Waals surface area contributed by atoms with Gasteiger partial charge in [-0.15, -0.1) is 0 Å². The van der Waals surface area contributed by atoms with Crippen LogP contribution < -0.4 is 15.4 Å². The largest absolute Gasteiger partial charge is 0.492 e. The van der Waals surface area contributed by atoms with Crippen LogP contribution in [-0.4, -0.2) is 52.6 Å². The molecular weight excluding hydrogens is 371 g/mol. The average Bonchev–Trinajstić information content (AvgIpc) is 2.54. The number of halogens is 3. The fourth-order valence-electron chi connectivity index (χ4n) is 1.99. The second-order valence-electron chi connectivity index (χ2n) is 5.84. The lowest BCUT2D eigenvalue weighted by molar-refractivity contribution is -0.137. The summed E-state index contributed by atoms with van der Waals surface area (Å²) in [5.74, 6) is 0.654. The first-order valence-electron chi connectivity index (χ1n) is 7.96. The molecule has 26 heavy (non-hydrogen) atoms. The Balaban J connectivity index is 2.39. The topological polar surface area (TPSA) is 79.8 Å². The maximum Gasteiger partial charge on any atom is 0.416 e. The molecule has 0 aliphatic carbocycles. The Bertz CT molecular complexity index is 706. The number of alkyl halides is 3. The number of nitrogens with one attached hydrogen (secondary N) is 2. The number of guanidine groups is 1. The molecule has 1 aromatic carbocycles. The fraction of sp³-hybridized carbons (Fsp3) is 0.562. The van der Waals surface area contributed by atoms with Gasteiger partial charge in [-0.3, -0.25) is 4.99 Å². The second-order valence-corrected chi connectivity index (χ2v) is 8.10. The minimum absolute atomic E-state index is 0.0663. The van der Waals surface area contributed by atoms with Gasteiger partial charge in [0.05, 0.1) is 17.9 Å². The van der Waals surface area contributed by atoms with Gasteiger partial charge in [-0.25, -0.2) is 8.42 Å². The second kappa shape index (κ2) is 9.65. The molecule has 148 valence electrons. The zero-order valence-electron chi connectivity index (χ0n) is 14.9. The van der Waals surface area contributed by atoms with Crippen LogP contribution in [0.15, 0.2) is 29.3 Å². The van der Waals surface area contributed by atoms with Gasteiger partial charge in [0.15, 0.2) is 5.96 Å². The Labute approximate surface area is 151 Å². The van der Waals surface area contributed by atoms with Crippen LogP contribution in [0.2, 0.25) is 0 Å². The molecule has 0 spiro atoms. The number of aliphatic imine (C=N–C) groups is 1. The molecule has 6 nitrogen and oxygen atoms in total. The van der Waals surface area contributed by atoms with E-state index in [0.29, 0.717) is 18.9 Å². The van der Waals surface area contributed by atoms with Gasteiger partial charge in [0.1, 0.15) is 22.2 Å². The number of rotatable bonds is 8. The van der Waals surface area contributed by atoms with Gasteiger partial charge in [0.2, 0.25) is 0 Å². The lowest BCUT2D eigenvalue weighted by atomic mass is 10.2. The van der Waals surface area contributed by atoms with Crippen molar-refractivity contribution < 1.29 is 26.3 Å². The quantitative estimate of drug-likeness (QED) is 0.400. The van der Waals surface area contributed by atoms with Crippen molar-refractivity contribution in [2.75, 3.05) is 32.2 Å². The van der Waals surface area contributed by atoms with E-state index in [0.717, 1.165) is 12.1 Å². The Morgan fingerprint density at radius 1 is 1.35 bits per heavy atom. The Kier molecular flexibility index (Phi) is 8.19. The summed E-state index contributed by atoms with van der Waals surface area (Å²) >= 11 is 0. The molecule has 1 atom stereocenters. The van der Waals surface area contributed by atoms with Crippen molar-refractivity contribution in [1.29, 1.82) is 0 Å². The molecular formula is C16H24F3N3O3S. The fourth-order valence-corrected chi connectivity index (χ4v) is 2.77. The predicted molar refractivity (Wildman–Crippen MR) is 95.2 cm³/mol. The molecule has 1 aromatic rings. The van der Waals surface area contributed by atoms with Crippen molar-refractivity contribution in [1.82, 2.24) is 10.6 Å². The van der Waals surface area contributed by atoms with Gasteiger partial charge < -0.3 is 15.4 Å². The van der Waals surface area contributed by atoms with Crippen molar-refractivity contribution in [3.63, 3.8) is 0 Å².